The van der Waals surface area contributed by atoms with Crippen LogP contribution >= 0.6 is 7.26 Å². The Labute approximate surface area is 385 Å². The van der Waals surface area contributed by atoms with Gasteiger partial charge in [-0.1, -0.05) is 30.4 Å². The number of benzene rings is 4. The van der Waals surface area contributed by atoms with E-state index in [0.717, 1.165) is 56.9 Å². The number of ether oxygens (including phenoxy) is 6. The number of carboxylic acids is 2. The first-order chi connectivity index (χ1) is 31.8. The molecule has 1 aliphatic carbocycles. The van der Waals surface area contributed by atoms with Gasteiger partial charge < -0.3 is 38.6 Å². The van der Waals surface area contributed by atoms with E-state index in [1.54, 1.807) is 0 Å². The van der Waals surface area contributed by atoms with Crippen molar-refractivity contribution in [3.8, 4) is 5.75 Å². The molecule has 3 N–H and O–H groups in total. The second kappa shape index (κ2) is 27.3. The van der Waals surface area contributed by atoms with Crippen molar-refractivity contribution in [3.63, 3.8) is 0 Å². The summed E-state index contributed by atoms with van der Waals surface area (Å²) in [5.74, 6) is -0.891. The summed E-state index contributed by atoms with van der Waals surface area (Å²) in [6.07, 6.45) is 11.9. The van der Waals surface area contributed by atoms with Gasteiger partial charge in [0.05, 0.1) is 24.9 Å². The molecule has 3 fully saturated rings. The first-order valence-corrected chi connectivity index (χ1v) is 25.8. The van der Waals surface area contributed by atoms with Crippen molar-refractivity contribution in [1.82, 2.24) is 0 Å². The molecule has 0 spiro atoms. The van der Waals surface area contributed by atoms with Crippen LogP contribution in [0, 0.1) is 5.92 Å². The molecule has 0 bridgehead atoms. The van der Waals surface area contributed by atoms with E-state index < -0.39 is 25.3 Å². The molecule has 7 rings (SSSR count). The Bertz CT molecular complexity index is 1860. The van der Waals surface area contributed by atoms with Gasteiger partial charge in [0.25, 0.3) is 0 Å². The maximum atomic E-state index is 11.1. The molecule has 0 aromatic heterocycles. The van der Waals surface area contributed by atoms with E-state index in [4.69, 9.17) is 38.6 Å². The number of aliphatic hydroxyl groups is 1. The number of hydrogen-bond donors (Lipinski definition) is 3. The van der Waals surface area contributed by atoms with Crippen molar-refractivity contribution in [2.24, 2.45) is 5.92 Å². The molecule has 0 amide bonds. The molecule has 3 aliphatic rings. The molecule has 12 heteroatoms. The van der Waals surface area contributed by atoms with Crippen molar-refractivity contribution in [2.45, 2.75) is 120 Å². The number of para-hydroxylation sites is 1. The number of aliphatic hydroxyl groups excluding tert-OH is 1. The molecule has 352 valence electrons. The fourth-order valence-corrected chi connectivity index (χ4v) is 14.1. The number of carbonyl (C=O) groups is 2. The first kappa shape index (κ1) is 50.0. The predicted octanol–water partition coefficient (Wildman–Crippen LogP) is 8.43. The Morgan fingerprint density at radius 2 is 1.22 bits per heavy atom. The molecule has 4 aromatic rings. The zero-order valence-electron chi connectivity index (χ0n) is 37.6. The number of allylic oxidation sites excluding steroid dienone is 2. The van der Waals surface area contributed by atoms with E-state index >= 15 is 0 Å². The second-order valence-corrected chi connectivity index (χ2v) is 21.2. The van der Waals surface area contributed by atoms with Gasteiger partial charge in [0.1, 0.15) is 18.5 Å². The van der Waals surface area contributed by atoms with Crippen LogP contribution in [-0.4, -0.2) is 96.8 Å². The van der Waals surface area contributed by atoms with Crippen LogP contribution in [0.15, 0.2) is 133 Å². The zero-order chi connectivity index (χ0) is 45.5. The topological polar surface area (TPSA) is 150 Å². The van der Waals surface area contributed by atoms with Gasteiger partial charge in [-0.25, -0.2) is 0 Å². The van der Waals surface area contributed by atoms with Gasteiger partial charge in [-0.15, -0.1) is 0 Å². The molecule has 2 heterocycles. The van der Waals surface area contributed by atoms with Crippen molar-refractivity contribution in [1.29, 1.82) is 0 Å². The molecule has 3 unspecified atom stereocenters. The Morgan fingerprint density at radius 1 is 0.677 bits per heavy atom. The van der Waals surface area contributed by atoms with Crippen LogP contribution in [0.2, 0.25) is 0 Å². The van der Waals surface area contributed by atoms with Crippen LogP contribution in [0.3, 0.4) is 0 Å². The van der Waals surface area contributed by atoms with Crippen LogP contribution in [0.4, 0.5) is 0 Å². The predicted molar refractivity (Wildman–Crippen MR) is 256 cm³/mol. The van der Waals surface area contributed by atoms with Gasteiger partial charge in [0.2, 0.25) is 0 Å². The Balaban J connectivity index is 0.000000239. The second-order valence-electron chi connectivity index (χ2n) is 17.1. The third kappa shape index (κ3) is 15.9. The summed E-state index contributed by atoms with van der Waals surface area (Å²) < 4.78 is 36.9. The summed E-state index contributed by atoms with van der Waals surface area (Å²) >= 11 is 0. The molecule has 4 aromatic carbocycles. The van der Waals surface area contributed by atoms with Crippen molar-refractivity contribution in [2.75, 3.05) is 32.6 Å². The average molecular weight is 913 g/mol. The Kier molecular flexibility index (Phi) is 21.0. The normalized spacial score (nSPS) is 23.0. The number of aliphatic carboxylic acids is 2. The zero-order valence-corrected chi connectivity index (χ0v) is 38.6. The number of hydrogen-bond acceptors (Lipinski definition) is 9. The standard InChI is InChI=1S/C31H46O9.C22H23O2P/c32-26-20-27(40-30-17-9-11-19-36-30)31(25(26)14-6-1-2-7-15-28(33)34)38-22-24(39-29-16-8-10-18-35-29)21-37-23-12-4-3-5-13-23;23-22(24)17-10-18-25(19-11-4-1-5-12-19,20-13-6-2-7-14-20)21-15-8-3-9-16-21/h1-5,12-13,24-27,29-32H,6-11,14-22H2,(H,33,34);1-9,11-16,25H,10,17-18H2,(H,23,24)/b2-1-;/t24?,25-,26-,27+,29?,30?,31+;/m1./s1. The van der Waals surface area contributed by atoms with E-state index in [2.05, 4.69) is 72.8 Å². The SMILES string of the molecule is O=C(O)CC/C=C\CC[C@H]1[C@H](OCC(COc2ccccc2)OC2CCCCO2)[C@@H](OC2CCCCO2)C[C@H]1O.O=C(O)CCC[PH](c1ccccc1)(c1ccccc1)c1ccccc1. The third-order valence-corrected chi connectivity index (χ3v) is 17.5. The summed E-state index contributed by atoms with van der Waals surface area (Å²) in [5.41, 5.74) is 0. The Hall–Kier alpha value is -4.45. The third-order valence-electron chi connectivity index (χ3n) is 12.5. The average Bonchev–Trinajstić information content (AvgIpc) is 3.63. The van der Waals surface area contributed by atoms with Gasteiger partial charge in [0, 0.05) is 32.0 Å². The molecule has 7 atom stereocenters. The van der Waals surface area contributed by atoms with Crippen LogP contribution in [0.5, 0.6) is 5.75 Å². The summed E-state index contributed by atoms with van der Waals surface area (Å²) in [5, 5.41) is 33.0. The van der Waals surface area contributed by atoms with Crippen molar-refractivity contribution < 1.29 is 53.3 Å². The molecule has 65 heavy (non-hydrogen) atoms. The van der Waals surface area contributed by atoms with E-state index in [9.17, 15) is 14.7 Å². The molecule has 1 saturated carbocycles. The molecular formula is C53H69O11P. The van der Waals surface area contributed by atoms with E-state index in [1.807, 2.05) is 60.7 Å². The van der Waals surface area contributed by atoms with E-state index in [-0.39, 0.29) is 56.3 Å². The van der Waals surface area contributed by atoms with Crippen molar-refractivity contribution in [3.05, 3.63) is 133 Å². The van der Waals surface area contributed by atoms with Crippen LogP contribution in [-0.2, 0) is 33.3 Å². The van der Waals surface area contributed by atoms with Crippen LogP contribution < -0.4 is 20.7 Å². The summed E-state index contributed by atoms with van der Waals surface area (Å²) in [6.45, 7) is 1.96. The molecular weight excluding hydrogens is 844 g/mol. The van der Waals surface area contributed by atoms with Crippen LogP contribution in [0.1, 0.15) is 83.5 Å². The summed E-state index contributed by atoms with van der Waals surface area (Å²) in [4.78, 5) is 21.9. The van der Waals surface area contributed by atoms with E-state index in [0.29, 0.717) is 45.5 Å². The Morgan fingerprint density at radius 3 is 1.75 bits per heavy atom. The van der Waals surface area contributed by atoms with Gasteiger partial charge in [-0.2, -0.15) is 0 Å². The summed E-state index contributed by atoms with van der Waals surface area (Å²) in [7, 11) is -2.25. The van der Waals surface area contributed by atoms with Gasteiger partial charge in [0.15, 0.2) is 12.6 Å². The van der Waals surface area contributed by atoms with Gasteiger partial charge in [-0.3, -0.25) is 4.79 Å². The van der Waals surface area contributed by atoms with Gasteiger partial charge >= 0.3 is 155 Å². The number of rotatable bonds is 23. The quantitative estimate of drug-likeness (QED) is 0.0486. The molecule has 0 radical (unpaired) electrons. The first-order valence-electron chi connectivity index (χ1n) is 23.6. The maximum absolute atomic E-state index is 11.1. The van der Waals surface area contributed by atoms with Gasteiger partial charge in [-0.05, 0) is 69.9 Å². The fourth-order valence-electron chi connectivity index (χ4n) is 9.20. The number of carboxylic acid groups (broad SMARTS) is 2. The molecule has 2 saturated heterocycles. The van der Waals surface area contributed by atoms with Crippen molar-refractivity contribution >= 4 is 35.1 Å². The minimum atomic E-state index is -2.25. The monoisotopic (exact) mass is 912 g/mol. The minimum absolute atomic E-state index is 0.114. The molecule has 11 nitrogen and oxygen atoms in total. The molecule has 2 aliphatic heterocycles. The van der Waals surface area contributed by atoms with Crippen LogP contribution in [0.25, 0.3) is 0 Å². The fraction of sp³-hybridized carbons (Fsp3) is 0.472. The van der Waals surface area contributed by atoms with E-state index in [1.165, 1.54) is 15.9 Å². The summed E-state index contributed by atoms with van der Waals surface area (Å²) in [6, 6.07) is 41.5.